The molecule has 0 bridgehead atoms. The number of aliphatic hydroxyl groups is 1. The molecule has 2 amide bonds. The van der Waals surface area contributed by atoms with Crippen molar-refractivity contribution in [3.8, 4) is 0 Å². The lowest BCUT2D eigenvalue weighted by Gasteiger charge is -2.24. The second-order valence-corrected chi connectivity index (χ2v) is 5.05. The topological polar surface area (TPSA) is 57.6 Å². The fourth-order valence-corrected chi connectivity index (χ4v) is 2.86. The van der Waals surface area contributed by atoms with Gasteiger partial charge >= 0.3 is 0 Å². The molecule has 0 aromatic rings. The number of hydrogen-bond acceptors (Lipinski definition) is 3. The van der Waals surface area contributed by atoms with E-state index >= 15 is 0 Å². The van der Waals surface area contributed by atoms with Crippen molar-refractivity contribution in [3.63, 3.8) is 0 Å². The lowest BCUT2D eigenvalue weighted by molar-refractivity contribution is -0.144. The van der Waals surface area contributed by atoms with Crippen molar-refractivity contribution < 1.29 is 14.7 Å². The van der Waals surface area contributed by atoms with Gasteiger partial charge in [0.15, 0.2) is 0 Å². The van der Waals surface area contributed by atoms with Crippen LogP contribution in [0.3, 0.4) is 0 Å². The average Bonchev–Trinajstić information content (AvgIpc) is 3.05. The molecule has 0 aromatic heterocycles. The van der Waals surface area contributed by atoms with E-state index in [0.717, 1.165) is 12.8 Å². The summed E-state index contributed by atoms with van der Waals surface area (Å²) in [5.41, 5.74) is -0.536. The largest absolute Gasteiger partial charge is 0.394 e. The zero-order valence-electron chi connectivity index (χ0n) is 9.06. The molecule has 0 radical (unpaired) electrons. The summed E-state index contributed by atoms with van der Waals surface area (Å²) in [4.78, 5) is 25.7. The van der Waals surface area contributed by atoms with Crippen LogP contribution in [0, 0.1) is 11.8 Å². The summed E-state index contributed by atoms with van der Waals surface area (Å²) < 4.78 is 0. The molecule has 3 rings (SSSR count). The van der Waals surface area contributed by atoms with Crippen molar-refractivity contribution in [2.45, 2.75) is 31.2 Å². The first-order valence-electron chi connectivity index (χ1n) is 5.83. The number of amides is 2. The molecule has 2 aliphatic carbocycles. The van der Waals surface area contributed by atoms with Gasteiger partial charge in [-0.2, -0.15) is 0 Å². The maximum atomic E-state index is 12.2. The molecule has 1 saturated heterocycles. The van der Waals surface area contributed by atoms with Gasteiger partial charge in [0.2, 0.25) is 11.8 Å². The Balaban J connectivity index is 1.92. The Hall–Kier alpha value is -1.16. The zero-order valence-corrected chi connectivity index (χ0v) is 9.06. The smallest absolute Gasteiger partial charge is 0.234 e. The summed E-state index contributed by atoms with van der Waals surface area (Å²) in [7, 11) is 0. The Morgan fingerprint density at radius 1 is 1.19 bits per heavy atom. The molecule has 3 aliphatic rings. The van der Waals surface area contributed by atoms with E-state index in [1.165, 1.54) is 4.90 Å². The molecule has 0 spiro atoms. The predicted molar refractivity (Wildman–Crippen MR) is 56.3 cm³/mol. The fourth-order valence-electron chi connectivity index (χ4n) is 2.86. The molecule has 86 valence electrons. The van der Waals surface area contributed by atoms with E-state index in [-0.39, 0.29) is 30.3 Å². The summed E-state index contributed by atoms with van der Waals surface area (Å²) in [6.45, 7) is -0.0860. The monoisotopic (exact) mass is 221 g/mol. The average molecular weight is 221 g/mol. The van der Waals surface area contributed by atoms with Crippen LogP contribution in [0.25, 0.3) is 0 Å². The van der Waals surface area contributed by atoms with Crippen LogP contribution in [-0.4, -0.2) is 34.0 Å². The van der Waals surface area contributed by atoms with E-state index in [0.29, 0.717) is 12.8 Å². The third-order valence-electron chi connectivity index (χ3n) is 4.10. The third kappa shape index (κ3) is 1.13. The van der Waals surface area contributed by atoms with Gasteiger partial charge in [0.05, 0.1) is 24.0 Å². The van der Waals surface area contributed by atoms with Crippen LogP contribution in [0.2, 0.25) is 0 Å². The molecule has 1 N–H and O–H groups in total. The van der Waals surface area contributed by atoms with Gasteiger partial charge < -0.3 is 5.11 Å². The molecule has 4 nitrogen and oxygen atoms in total. The molecule has 0 unspecified atom stereocenters. The highest BCUT2D eigenvalue weighted by Crippen LogP contribution is 2.48. The van der Waals surface area contributed by atoms with Crippen molar-refractivity contribution in [1.82, 2.24) is 4.90 Å². The molecule has 2 fully saturated rings. The first-order valence-corrected chi connectivity index (χ1v) is 5.83. The van der Waals surface area contributed by atoms with E-state index in [4.69, 9.17) is 0 Å². The lowest BCUT2D eigenvalue weighted by atomic mass is 9.85. The van der Waals surface area contributed by atoms with Crippen LogP contribution in [0.5, 0.6) is 0 Å². The molecule has 0 aromatic carbocycles. The Morgan fingerprint density at radius 2 is 1.69 bits per heavy atom. The molecule has 1 saturated carbocycles. The first-order chi connectivity index (χ1) is 7.69. The van der Waals surface area contributed by atoms with Crippen molar-refractivity contribution in [2.75, 3.05) is 6.61 Å². The highest BCUT2D eigenvalue weighted by Gasteiger charge is 2.59. The maximum Gasteiger partial charge on any atom is 0.234 e. The molecule has 1 heterocycles. The van der Waals surface area contributed by atoms with Crippen molar-refractivity contribution in [3.05, 3.63) is 12.2 Å². The standard InChI is InChI=1S/C12H15NO3/c14-7-12(5-6-12)13-10(15)8-3-1-2-4-9(8)11(13)16/h1-2,8-9,14H,3-7H2/t8-,9+. The number of aliphatic hydroxyl groups excluding tert-OH is 1. The van der Waals surface area contributed by atoms with Crippen LogP contribution in [0.15, 0.2) is 12.2 Å². The number of carbonyl (C=O) groups is 2. The molecular weight excluding hydrogens is 206 g/mol. The van der Waals surface area contributed by atoms with Crippen LogP contribution in [-0.2, 0) is 9.59 Å². The second-order valence-electron chi connectivity index (χ2n) is 5.05. The summed E-state index contributed by atoms with van der Waals surface area (Å²) >= 11 is 0. The Morgan fingerprint density at radius 3 is 2.06 bits per heavy atom. The number of rotatable bonds is 2. The van der Waals surface area contributed by atoms with Gasteiger partial charge in [0.1, 0.15) is 0 Å². The summed E-state index contributed by atoms with van der Waals surface area (Å²) in [6, 6.07) is 0. The van der Waals surface area contributed by atoms with E-state index in [9.17, 15) is 14.7 Å². The van der Waals surface area contributed by atoms with Crippen molar-refractivity contribution >= 4 is 11.8 Å². The number of likely N-dealkylation sites (tertiary alicyclic amines) is 1. The second kappa shape index (κ2) is 3.17. The summed E-state index contributed by atoms with van der Waals surface area (Å²) in [5.74, 6) is -0.458. The number of hydrogen-bond donors (Lipinski definition) is 1. The van der Waals surface area contributed by atoms with Crippen molar-refractivity contribution in [1.29, 1.82) is 0 Å². The fraction of sp³-hybridized carbons (Fsp3) is 0.667. The van der Waals surface area contributed by atoms with Gasteiger partial charge in [-0.15, -0.1) is 0 Å². The number of imide groups is 1. The van der Waals surface area contributed by atoms with E-state index in [1.807, 2.05) is 12.2 Å². The molecule has 4 heteroatoms. The van der Waals surface area contributed by atoms with Crippen molar-refractivity contribution in [2.24, 2.45) is 11.8 Å². The zero-order chi connectivity index (χ0) is 11.3. The number of nitrogens with zero attached hydrogens (tertiary/aromatic N) is 1. The quantitative estimate of drug-likeness (QED) is 0.544. The van der Waals surface area contributed by atoms with E-state index < -0.39 is 5.54 Å². The van der Waals surface area contributed by atoms with Gasteiger partial charge in [-0.05, 0) is 25.7 Å². The summed E-state index contributed by atoms with van der Waals surface area (Å²) in [6.07, 6.45) is 6.82. The third-order valence-corrected chi connectivity index (χ3v) is 4.10. The minimum atomic E-state index is -0.536. The highest BCUT2D eigenvalue weighted by atomic mass is 16.3. The van der Waals surface area contributed by atoms with Gasteiger partial charge in [0.25, 0.3) is 0 Å². The minimum absolute atomic E-state index is 0.0640. The number of carbonyl (C=O) groups excluding carboxylic acids is 2. The molecule has 16 heavy (non-hydrogen) atoms. The molecule has 2 atom stereocenters. The maximum absolute atomic E-state index is 12.2. The van der Waals surface area contributed by atoms with Crippen LogP contribution < -0.4 is 0 Å². The normalized spacial score (nSPS) is 35.4. The molecular formula is C12H15NO3. The summed E-state index contributed by atoms with van der Waals surface area (Å²) in [5, 5.41) is 9.32. The van der Waals surface area contributed by atoms with E-state index in [2.05, 4.69) is 0 Å². The predicted octanol–water partition coefficient (Wildman–Crippen LogP) is 0.462. The molecule has 1 aliphatic heterocycles. The Bertz CT molecular complexity index is 358. The van der Waals surface area contributed by atoms with Crippen LogP contribution >= 0.6 is 0 Å². The highest BCUT2D eigenvalue weighted by molar-refractivity contribution is 6.06. The number of allylic oxidation sites excluding steroid dienone is 2. The van der Waals surface area contributed by atoms with Gasteiger partial charge in [-0.1, -0.05) is 12.2 Å². The van der Waals surface area contributed by atoms with Crippen LogP contribution in [0.4, 0.5) is 0 Å². The number of fused-ring (bicyclic) bond motifs is 1. The van der Waals surface area contributed by atoms with Gasteiger partial charge in [-0.25, -0.2) is 0 Å². The Labute approximate surface area is 93.9 Å². The minimum Gasteiger partial charge on any atom is -0.394 e. The van der Waals surface area contributed by atoms with Gasteiger partial charge in [-0.3, -0.25) is 14.5 Å². The van der Waals surface area contributed by atoms with E-state index in [1.54, 1.807) is 0 Å². The first kappa shape index (κ1) is 10.0. The Kier molecular flexibility index (Phi) is 1.98. The lowest BCUT2D eigenvalue weighted by Crippen LogP contribution is -2.44. The van der Waals surface area contributed by atoms with Gasteiger partial charge in [0, 0.05) is 0 Å². The van der Waals surface area contributed by atoms with Crippen LogP contribution in [0.1, 0.15) is 25.7 Å². The SMILES string of the molecule is O=C1[C@H]2CC=CC[C@H]2C(=O)N1C1(CO)CC1.